The minimum Gasteiger partial charge on any atom is -0.398 e. The lowest BCUT2D eigenvalue weighted by Gasteiger charge is -2.45. The smallest absolute Gasteiger partial charge is 0.226 e. The Morgan fingerprint density at radius 1 is 1.20 bits per heavy atom. The van der Waals surface area contributed by atoms with E-state index in [-0.39, 0.29) is 5.92 Å². The molecule has 2 fully saturated rings. The number of nitrogen functional groups attached to an aromatic ring is 1. The van der Waals surface area contributed by atoms with Gasteiger partial charge in [0.05, 0.1) is 5.39 Å². The molecule has 1 amide bonds. The number of aryl methyl sites for hydroxylation is 1. The molecule has 1 aromatic carbocycles. The average molecular weight is 490 g/mol. The number of piperidine rings is 1. The highest BCUT2D eigenvalue weighted by atomic mass is 32.1. The number of rotatable bonds is 4. The minimum atomic E-state index is 0.0577. The number of carbonyl (C=O) groups excluding carboxylic acids is 1. The lowest BCUT2D eigenvalue weighted by molar-refractivity contribution is -0.139. The van der Waals surface area contributed by atoms with Crippen molar-refractivity contribution < 1.29 is 4.79 Å². The number of aromatic nitrogens is 2. The first-order valence-electron chi connectivity index (χ1n) is 12.6. The van der Waals surface area contributed by atoms with Gasteiger partial charge in [0.15, 0.2) is 0 Å². The molecule has 2 atom stereocenters. The lowest BCUT2D eigenvalue weighted by Crippen LogP contribution is -2.57. The number of fused-ring (bicyclic) bond motifs is 4. The summed E-state index contributed by atoms with van der Waals surface area (Å²) in [6, 6.07) is 6.11. The van der Waals surface area contributed by atoms with Gasteiger partial charge < -0.3 is 21.4 Å². The van der Waals surface area contributed by atoms with Gasteiger partial charge in [0, 0.05) is 59.6 Å². The summed E-state index contributed by atoms with van der Waals surface area (Å²) < 4.78 is 0. The maximum Gasteiger partial charge on any atom is 0.226 e. The Morgan fingerprint density at radius 2 is 2.11 bits per heavy atom. The van der Waals surface area contributed by atoms with E-state index in [9.17, 15) is 4.79 Å². The molecule has 35 heavy (non-hydrogen) atoms. The van der Waals surface area contributed by atoms with Gasteiger partial charge in [-0.2, -0.15) is 0 Å². The van der Waals surface area contributed by atoms with E-state index < -0.39 is 0 Å². The zero-order chi connectivity index (χ0) is 23.9. The Balaban J connectivity index is 1.22. The number of anilines is 3. The first-order valence-corrected chi connectivity index (χ1v) is 13.4. The zero-order valence-electron chi connectivity index (χ0n) is 19.8. The highest BCUT2D eigenvalue weighted by Gasteiger charge is 2.36. The molecule has 3 aliphatic rings. The number of nitrogens with one attached hydrogen (secondary N) is 2. The normalized spacial score (nSPS) is 22.5. The van der Waals surface area contributed by atoms with E-state index in [0.717, 1.165) is 60.6 Å². The third-order valence-corrected chi connectivity index (χ3v) is 9.01. The number of nitrogens with zero attached hydrogens (tertiary/aromatic N) is 4. The van der Waals surface area contributed by atoms with Gasteiger partial charge in [-0.05, 0) is 62.4 Å². The SMILES string of the molecule is N=Cc1cc(Nc2ncnc3sc4c(c23)CCC(C(=O)N2CCN3CCCCC3C2)C4)ccc1N. The first-order chi connectivity index (χ1) is 17.1. The van der Waals surface area contributed by atoms with Gasteiger partial charge in [-0.3, -0.25) is 9.69 Å². The molecule has 0 radical (unpaired) electrons. The van der Waals surface area contributed by atoms with Gasteiger partial charge in [-0.25, -0.2) is 9.97 Å². The molecule has 6 rings (SSSR count). The van der Waals surface area contributed by atoms with Gasteiger partial charge in [-0.1, -0.05) is 6.42 Å². The van der Waals surface area contributed by atoms with Crippen molar-refractivity contribution in [2.45, 2.75) is 44.6 Å². The van der Waals surface area contributed by atoms with E-state index in [4.69, 9.17) is 11.1 Å². The quantitative estimate of drug-likeness (QED) is 0.380. The van der Waals surface area contributed by atoms with Crippen LogP contribution in [0, 0.1) is 11.3 Å². The number of nitrogens with two attached hydrogens (primary N) is 1. The Bertz CT molecular complexity index is 1290. The topological polar surface area (TPSA) is 111 Å². The standard InChI is InChI=1S/C26H31N7OS/c27-13-17-11-18(5-7-21(17)28)31-24-23-20-6-4-16(12-22(20)35-25(23)30-15-29-24)26(34)33-10-9-32-8-2-1-3-19(32)14-33/h5,7,11,13,15-16,19,27H,1-4,6,8-10,12,14,28H2,(H,29,30,31). The summed E-state index contributed by atoms with van der Waals surface area (Å²) in [7, 11) is 0. The van der Waals surface area contributed by atoms with E-state index >= 15 is 0 Å². The fraction of sp³-hybridized carbons (Fsp3) is 0.462. The Kier molecular flexibility index (Phi) is 5.89. The fourth-order valence-electron chi connectivity index (χ4n) is 5.94. The number of piperazine rings is 1. The molecule has 2 unspecified atom stereocenters. The summed E-state index contributed by atoms with van der Waals surface area (Å²) in [5.41, 5.74) is 9.30. The summed E-state index contributed by atoms with van der Waals surface area (Å²) in [4.78, 5) is 29.5. The molecular formula is C26H31N7OS. The highest BCUT2D eigenvalue weighted by Crippen LogP contribution is 2.41. The number of thiophene rings is 1. The highest BCUT2D eigenvalue weighted by molar-refractivity contribution is 7.19. The molecule has 0 bridgehead atoms. The first kappa shape index (κ1) is 22.4. The molecule has 2 aliphatic heterocycles. The van der Waals surface area contributed by atoms with E-state index in [2.05, 4.69) is 25.1 Å². The molecule has 0 saturated carbocycles. The van der Waals surface area contributed by atoms with Crippen LogP contribution in [0.4, 0.5) is 17.2 Å². The Morgan fingerprint density at radius 3 is 3.00 bits per heavy atom. The second kappa shape index (κ2) is 9.20. The second-order valence-electron chi connectivity index (χ2n) is 9.93. The van der Waals surface area contributed by atoms with Crippen LogP contribution in [0.1, 0.15) is 41.7 Å². The fourth-order valence-corrected chi connectivity index (χ4v) is 7.21. The van der Waals surface area contributed by atoms with Crippen LogP contribution in [-0.4, -0.2) is 64.1 Å². The van der Waals surface area contributed by atoms with Crippen LogP contribution in [0.15, 0.2) is 24.5 Å². The van der Waals surface area contributed by atoms with Crippen LogP contribution in [0.2, 0.25) is 0 Å². The Labute approximate surface area is 209 Å². The van der Waals surface area contributed by atoms with Crippen molar-refractivity contribution in [1.29, 1.82) is 5.41 Å². The van der Waals surface area contributed by atoms with Crippen LogP contribution < -0.4 is 11.1 Å². The molecule has 182 valence electrons. The van der Waals surface area contributed by atoms with Crippen molar-refractivity contribution in [2.24, 2.45) is 5.92 Å². The van der Waals surface area contributed by atoms with Gasteiger partial charge in [0.2, 0.25) is 5.91 Å². The molecule has 2 aromatic heterocycles. The van der Waals surface area contributed by atoms with Gasteiger partial charge in [0.1, 0.15) is 17.0 Å². The average Bonchev–Trinajstić information content (AvgIpc) is 3.28. The molecule has 2 saturated heterocycles. The summed E-state index contributed by atoms with van der Waals surface area (Å²) in [5, 5.41) is 12.0. The van der Waals surface area contributed by atoms with Crippen LogP contribution in [0.3, 0.4) is 0 Å². The number of carbonyl (C=O) groups is 1. The molecule has 4 heterocycles. The van der Waals surface area contributed by atoms with E-state index in [1.165, 1.54) is 42.5 Å². The third kappa shape index (κ3) is 4.16. The van der Waals surface area contributed by atoms with Gasteiger partial charge in [0.25, 0.3) is 0 Å². The number of benzene rings is 1. The summed E-state index contributed by atoms with van der Waals surface area (Å²) in [6.45, 7) is 3.97. The van der Waals surface area contributed by atoms with Crippen LogP contribution >= 0.6 is 11.3 Å². The lowest BCUT2D eigenvalue weighted by atomic mass is 9.86. The van der Waals surface area contributed by atoms with Gasteiger partial charge in [-0.15, -0.1) is 11.3 Å². The predicted octanol–water partition coefficient (Wildman–Crippen LogP) is 3.82. The van der Waals surface area contributed by atoms with Crippen LogP contribution in [0.25, 0.3) is 10.2 Å². The molecule has 3 aromatic rings. The Hall–Kier alpha value is -3.04. The van der Waals surface area contributed by atoms with Crippen molar-refractivity contribution in [3.05, 3.63) is 40.5 Å². The van der Waals surface area contributed by atoms with Crippen molar-refractivity contribution in [1.82, 2.24) is 19.8 Å². The molecule has 4 N–H and O–H groups in total. The number of amides is 1. The molecule has 9 heteroatoms. The van der Waals surface area contributed by atoms with Crippen molar-refractivity contribution in [3.63, 3.8) is 0 Å². The van der Waals surface area contributed by atoms with Crippen molar-refractivity contribution in [3.8, 4) is 0 Å². The maximum atomic E-state index is 13.5. The van der Waals surface area contributed by atoms with Gasteiger partial charge >= 0.3 is 0 Å². The van der Waals surface area contributed by atoms with E-state index in [0.29, 0.717) is 23.2 Å². The second-order valence-corrected chi connectivity index (χ2v) is 11.0. The minimum absolute atomic E-state index is 0.0577. The molecule has 1 aliphatic carbocycles. The number of hydrogen-bond acceptors (Lipinski definition) is 8. The molecular weight excluding hydrogens is 458 g/mol. The van der Waals surface area contributed by atoms with Crippen molar-refractivity contribution in [2.75, 3.05) is 37.2 Å². The number of hydrogen-bond donors (Lipinski definition) is 3. The molecule has 8 nitrogen and oxygen atoms in total. The van der Waals surface area contributed by atoms with Crippen LogP contribution in [-0.2, 0) is 17.6 Å². The predicted molar refractivity (Wildman–Crippen MR) is 141 cm³/mol. The summed E-state index contributed by atoms with van der Waals surface area (Å²) in [6.07, 6.45) is 9.18. The van der Waals surface area contributed by atoms with Crippen molar-refractivity contribution >= 4 is 50.9 Å². The van der Waals surface area contributed by atoms with E-state index in [1.807, 2.05) is 12.1 Å². The van der Waals surface area contributed by atoms with Crippen LogP contribution in [0.5, 0.6) is 0 Å². The largest absolute Gasteiger partial charge is 0.398 e. The van der Waals surface area contributed by atoms with E-state index in [1.54, 1.807) is 23.7 Å². The third-order valence-electron chi connectivity index (χ3n) is 7.85. The zero-order valence-corrected chi connectivity index (χ0v) is 20.6. The maximum absolute atomic E-state index is 13.5. The monoisotopic (exact) mass is 489 g/mol. The molecule has 0 spiro atoms. The summed E-state index contributed by atoms with van der Waals surface area (Å²) >= 11 is 1.69. The summed E-state index contributed by atoms with van der Waals surface area (Å²) in [5.74, 6) is 1.16.